The highest BCUT2D eigenvalue weighted by atomic mass is 16.5. The normalized spacial score (nSPS) is 10.4. The molecule has 0 saturated carbocycles. The Labute approximate surface area is 123 Å². The first-order valence-corrected chi connectivity index (χ1v) is 6.59. The lowest BCUT2D eigenvalue weighted by molar-refractivity contribution is 0.144. The molecule has 0 radical (unpaired) electrons. The van der Waals surface area contributed by atoms with Gasteiger partial charge in [-0.3, -0.25) is 4.98 Å². The standard InChI is InChI=1S/C14H19N5O2/c1-10-18-13(17-9-11-4-3-5-16-8-11)12(15)14(19-10)21-7-6-20-2/h3-5,8H,6-7,9,15H2,1-2H3,(H,17,18,19). The third kappa shape index (κ3) is 4.28. The molecule has 0 unspecified atom stereocenters. The summed E-state index contributed by atoms with van der Waals surface area (Å²) in [5, 5.41) is 3.17. The van der Waals surface area contributed by atoms with E-state index in [4.69, 9.17) is 15.2 Å². The molecule has 21 heavy (non-hydrogen) atoms. The number of ether oxygens (including phenoxy) is 2. The third-order valence-electron chi connectivity index (χ3n) is 2.73. The molecule has 0 aliphatic heterocycles. The molecule has 0 amide bonds. The molecule has 0 spiro atoms. The van der Waals surface area contributed by atoms with Crippen LogP contribution in [0.15, 0.2) is 24.5 Å². The molecule has 7 nitrogen and oxygen atoms in total. The highest BCUT2D eigenvalue weighted by Crippen LogP contribution is 2.26. The van der Waals surface area contributed by atoms with Crippen molar-refractivity contribution in [3.63, 3.8) is 0 Å². The quantitative estimate of drug-likeness (QED) is 0.744. The van der Waals surface area contributed by atoms with Crippen LogP contribution < -0.4 is 15.8 Å². The summed E-state index contributed by atoms with van der Waals surface area (Å²) in [5.41, 5.74) is 7.46. The zero-order valence-corrected chi connectivity index (χ0v) is 12.2. The van der Waals surface area contributed by atoms with Crippen molar-refractivity contribution in [2.45, 2.75) is 13.5 Å². The summed E-state index contributed by atoms with van der Waals surface area (Å²) in [6.45, 7) is 3.23. The summed E-state index contributed by atoms with van der Waals surface area (Å²) in [6.07, 6.45) is 3.52. The molecule has 2 rings (SSSR count). The molecular formula is C14H19N5O2. The SMILES string of the molecule is COCCOc1nc(C)nc(NCc2cccnc2)c1N. The van der Waals surface area contributed by atoms with Crippen LogP contribution in [0.2, 0.25) is 0 Å². The molecule has 0 fully saturated rings. The van der Waals surface area contributed by atoms with Gasteiger partial charge >= 0.3 is 0 Å². The first-order valence-electron chi connectivity index (χ1n) is 6.59. The van der Waals surface area contributed by atoms with Gasteiger partial charge in [0, 0.05) is 26.0 Å². The summed E-state index contributed by atoms with van der Waals surface area (Å²) in [7, 11) is 1.61. The number of pyridine rings is 1. The monoisotopic (exact) mass is 289 g/mol. The van der Waals surface area contributed by atoms with Crippen LogP contribution >= 0.6 is 0 Å². The molecule has 2 heterocycles. The number of aryl methyl sites for hydroxylation is 1. The molecule has 0 aliphatic rings. The lowest BCUT2D eigenvalue weighted by atomic mass is 10.3. The average molecular weight is 289 g/mol. The van der Waals surface area contributed by atoms with Crippen molar-refractivity contribution in [3.8, 4) is 5.88 Å². The van der Waals surface area contributed by atoms with Crippen LogP contribution in [0.25, 0.3) is 0 Å². The van der Waals surface area contributed by atoms with E-state index in [2.05, 4.69) is 20.3 Å². The molecule has 0 saturated heterocycles. The Morgan fingerprint density at radius 3 is 2.86 bits per heavy atom. The highest BCUT2D eigenvalue weighted by molar-refractivity contribution is 5.66. The van der Waals surface area contributed by atoms with Crippen molar-refractivity contribution < 1.29 is 9.47 Å². The second-order valence-electron chi connectivity index (χ2n) is 4.39. The van der Waals surface area contributed by atoms with Gasteiger partial charge in [-0.1, -0.05) is 6.07 Å². The number of nitrogens with zero attached hydrogens (tertiary/aromatic N) is 3. The van der Waals surface area contributed by atoms with E-state index in [1.54, 1.807) is 26.4 Å². The lowest BCUT2D eigenvalue weighted by Crippen LogP contribution is -2.12. The Morgan fingerprint density at radius 2 is 2.14 bits per heavy atom. The van der Waals surface area contributed by atoms with E-state index < -0.39 is 0 Å². The Hall–Kier alpha value is -2.41. The maximum absolute atomic E-state index is 6.03. The number of aromatic nitrogens is 3. The number of nitrogen functional groups attached to an aromatic ring is 1. The second kappa shape index (κ2) is 7.39. The molecule has 112 valence electrons. The van der Waals surface area contributed by atoms with E-state index in [1.165, 1.54) is 0 Å². The maximum Gasteiger partial charge on any atom is 0.242 e. The molecule has 7 heteroatoms. The molecule has 0 bridgehead atoms. The van der Waals surface area contributed by atoms with E-state index in [0.29, 0.717) is 43.0 Å². The molecule has 2 aromatic heterocycles. The van der Waals surface area contributed by atoms with Crippen LogP contribution in [0.3, 0.4) is 0 Å². The Morgan fingerprint density at radius 1 is 1.29 bits per heavy atom. The highest BCUT2D eigenvalue weighted by Gasteiger charge is 2.11. The molecular weight excluding hydrogens is 270 g/mol. The average Bonchev–Trinajstić information content (AvgIpc) is 2.50. The first kappa shape index (κ1) is 15.0. The predicted molar refractivity (Wildman–Crippen MR) is 80.1 cm³/mol. The zero-order valence-electron chi connectivity index (χ0n) is 12.2. The van der Waals surface area contributed by atoms with Crippen molar-refractivity contribution in [2.75, 3.05) is 31.4 Å². The minimum atomic E-state index is 0.369. The molecule has 0 atom stereocenters. The minimum Gasteiger partial charge on any atom is -0.474 e. The number of methoxy groups -OCH3 is 1. The summed E-state index contributed by atoms with van der Waals surface area (Å²) < 4.78 is 10.4. The van der Waals surface area contributed by atoms with Gasteiger partial charge in [-0.25, -0.2) is 4.98 Å². The lowest BCUT2D eigenvalue weighted by Gasteiger charge is -2.13. The number of nitrogens with two attached hydrogens (primary N) is 1. The van der Waals surface area contributed by atoms with Crippen molar-refractivity contribution in [1.29, 1.82) is 0 Å². The predicted octanol–water partition coefficient (Wildman–Crippen LogP) is 1.40. The Kier molecular flexibility index (Phi) is 5.28. The summed E-state index contributed by atoms with van der Waals surface area (Å²) in [4.78, 5) is 12.6. The molecule has 2 aromatic rings. The zero-order chi connectivity index (χ0) is 15.1. The molecule has 0 aliphatic carbocycles. The summed E-state index contributed by atoms with van der Waals surface area (Å²) in [6, 6.07) is 3.85. The van der Waals surface area contributed by atoms with Crippen molar-refractivity contribution >= 4 is 11.5 Å². The minimum absolute atomic E-state index is 0.369. The van der Waals surface area contributed by atoms with Crippen LogP contribution in [0, 0.1) is 6.92 Å². The maximum atomic E-state index is 6.03. The number of rotatable bonds is 7. The number of hydrogen-bond donors (Lipinski definition) is 2. The van der Waals surface area contributed by atoms with Gasteiger partial charge in [0.1, 0.15) is 18.1 Å². The van der Waals surface area contributed by atoms with Gasteiger partial charge in [0.2, 0.25) is 5.88 Å². The topological polar surface area (TPSA) is 95.2 Å². The van der Waals surface area contributed by atoms with Gasteiger partial charge in [-0.05, 0) is 18.6 Å². The van der Waals surface area contributed by atoms with Gasteiger partial charge in [-0.15, -0.1) is 0 Å². The van der Waals surface area contributed by atoms with E-state index in [0.717, 1.165) is 5.56 Å². The molecule has 3 N–H and O–H groups in total. The Bertz CT molecular complexity index is 577. The van der Waals surface area contributed by atoms with E-state index >= 15 is 0 Å². The van der Waals surface area contributed by atoms with E-state index in [-0.39, 0.29) is 0 Å². The van der Waals surface area contributed by atoms with E-state index in [9.17, 15) is 0 Å². The van der Waals surface area contributed by atoms with Crippen LogP contribution in [0.5, 0.6) is 5.88 Å². The number of anilines is 2. The smallest absolute Gasteiger partial charge is 0.242 e. The van der Waals surface area contributed by atoms with Crippen LogP contribution in [0.1, 0.15) is 11.4 Å². The van der Waals surface area contributed by atoms with E-state index in [1.807, 2.05) is 12.1 Å². The fourth-order valence-corrected chi connectivity index (χ4v) is 1.71. The largest absolute Gasteiger partial charge is 0.474 e. The Balaban J connectivity index is 2.08. The van der Waals surface area contributed by atoms with Gasteiger partial charge < -0.3 is 20.5 Å². The fourth-order valence-electron chi connectivity index (χ4n) is 1.71. The number of hydrogen-bond acceptors (Lipinski definition) is 7. The fraction of sp³-hybridized carbons (Fsp3) is 0.357. The van der Waals surface area contributed by atoms with Crippen molar-refractivity contribution in [2.24, 2.45) is 0 Å². The molecule has 0 aromatic carbocycles. The van der Waals surface area contributed by atoms with Gasteiger partial charge in [0.05, 0.1) is 6.61 Å². The third-order valence-corrected chi connectivity index (χ3v) is 2.73. The van der Waals surface area contributed by atoms with Gasteiger partial charge in [0.15, 0.2) is 5.82 Å². The van der Waals surface area contributed by atoms with Crippen molar-refractivity contribution in [1.82, 2.24) is 15.0 Å². The first-order chi connectivity index (χ1) is 10.2. The van der Waals surface area contributed by atoms with Crippen LogP contribution in [-0.4, -0.2) is 35.3 Å². The van der Waals surface area contributed by atoms with Crippen molar-refractivity contribution in [3.05, 3.63) is 35.9 Å². The van der Waals surface area contributed by atoms with Crippen LogP contribution in [0.4, 0.5) is 11.5 Å². The van der Waals surface area contributed by atoms with Crippen LogP contribution in [-0.2, 0) is 11.3 Å². The second-order valence-corrected chi connectivity index (χ2v) is 4.39. The summed E-state index contributed by atoms with van der Waals surface area (Å²) in [5.74, 6) is 1.51. The number of nitrogens with one attached hydrogen (secondary N) is 1. The van der Waals surface area contributed by atoms with Gasteiger partial charge in [0.25, 0.3) is 0 Å². The summed E-state index contributed by atoms with van der Waals surface area (Å²) >= 11 is 0. The van der Waals surface area contributed by atoms with Gasteiger partial charge in [-0.2, -0.15) is 4.98 Å².